The van der Waals surface area contributed by atoms with Crippen molar-refractivity contribution in [3.63, 3.8) is 0 Å². The van der Waals surface area contributed by atoms with Crippen LogP contribution in [0.4, 0.5) is 5.69 Å². The predicted molar refractivity (Wildman–Crippen MR) is 80.7 cm³/mol. The Morgan fingerprint density at radius 1 is 1.25 bits per heavy atom. The summed E-state index contributed by atoms with van der Waals surface area (Å²) in [6, 6.07) is 10.1. The summed E-state index contributed by atoms with van der Waals surface area (Å²) in [5.41, 5.74) is 3.63. The van der Waals surface area contributed by atoms with E-state index in [1.807, 2.05) is 38.1 Å². The second kappa shape index (κ2) is 4.99. The molecule has 0 bridgehead atoms. The zero-order chi connectivity index (χ0) is 14.1. The Hall–Kier alpha value is -2.32. The van der Waals surface area contributed by atoms with Crippen LogP contribution >= 0.6 is 11.9 Å². The first-order valence-electron chi connectivity index (χ1n) is 6.19. The van der Waals surface area contributed by atoms with E-state index in [2.05, 4.69) is 15.8 Å². The molecule has 0 radical (unpaired) electrons. The molecule has 0 saturated heterocycles. The first kappa shape index (κ1) is 12.7. The van der Waals surface area contributed by atoms with Crippen LogP contribution in [0.3, 0.4) is 0 Å². The van der Waals surface area contributed by atoms with Crippen LogP contribution in [-0.4, -0.2) is 4.98 Å². The predicted octanol–water partition coefficient (Wildman–Crippen LogP) is 4.37. The van der Waals surface area contributed by atoms with Crippen molar-refractivity contribution in [1.29, 1.82) is 5.26 Å². The summed E-state index contributed by atoms with van der Waals surface area (Å²) in [6.45, 7) is 3.92. The first-order valence-corrected chi connectivity index (χ1v) is 7.01. The third-order valence-electron chi connectivity index (χ3n) is 3.14. The van der Waals surface area contributed by atoms with E-state index in [9.17, 15) is 0 Å². The lowest BCUT2D eigenvalue weighted by atomic mass is 10.1. The summed E-state index contributed by atoms with van der Waals surface area (Å²) in [7, 11) is 0. The molecule has 3 rings (SSSR count). The molecule has 4 nitrogen and oxygen atoms in total. The van der Waals surface area contributed by atoms with E-state index in [1.54, 1.807) is 6.20 Å². The normalized spacial score (nSPS) is 10.7. The minimum atomic E-state index is 0.667. The van der Waals surface area contributed by atoms with Crippen molar-refractivity contribution in [3.8, 4) is 6.07 Å². The standard InChI is InChI=1S/C15H13N3OS/c1-9-3-5-12(15-14(9)11(7-16)8-17-15)18-20-13-6-4-10(2)19-13/h3-6,8,17-18H,1-2H3. The third-order valence-corrected chi connectivity index (χ3v) is 3.88. The lowest BCUT2D eigenvalue weighted by molar-refractivity contribution is 0.449. The van der Waals surface area contributed by atoms with Gasteiger partial charge in [0.15, 0.2) is 5.09 Å². The van der Waals surface area contributed by atoms with Crippen molar-refractivity contribution in [2.45, 2.75) is 18.9 Å². The zero-order valence-electron chi connectivity index (χ0n) is 11.2. The monoisotopic (exact) mass is 283 g/mol. The van der Waals surface area contributed by atoms with Gasteiger partial charge in [0.25, 0.3) is 0 Å². The van der Waals surface area contributed by atoms with E-state index < -0.39 is 0 Å². The Bertz CT molecular complexity index is 810. The van der Waals surface area contributed by atoms with Crippen LogP contribution in [0.1, 0.15) is 16.9 Å². The Morgan fingerprint density at radius 2 is 2.10 bits per heavy atom. The number of nitriles is 1. The fourth-order valence-electron chi connectivity index (χ4n) is 2.17. The molecule has 0 aliphatic heterocycles. The van der Waals surface area contributed by atoms with Gasteiger partial charge >= 0.3 is 0 Å². The molecule has 3 aromatic rings. The summed E-state index contributed by atoms with van der Waals surface area (Å²) in [5.74, 6) is 0.884. The van der Waals surface area contributed by atoms with Crippen LogP contribution in [0.5, 0.6) is 0 Å². The molecule has 2 aromatic heterocycles. The van der Waals surface area contributed by atoms with Gasteiger partial charge < -0.3 is 14.1 Å². The van der Waals surface area contributed by atoms with Gasteiger partial charge in [-0.15, -0.1) is 0 Å². The van der Waals surface area contributed by atoms with E-state index in [-0.39, 0.29) is 0 Å². The molecule has 20 heavy (non-hydrogen) atoms. The average molecular weight is 283 g/mol. The van der Waals surface area contributed by atoms with Crippen molar-refractivity contribution in [3.05, 3.63) is 47.3 Å². The van der Waals surface area contributed by atoms with Crippen LogP contribution in [-0.2, 0) is 0 Å². The molecule has 1 aromatic carbocycles. The molecule has 0 unspecified atom stereocenters. The number of H-pyrrole nitrogens is 1. The minimum absolute atomic E-state index is 0.667. The number of nitrogens with one attached hydrogen (secondary N) is 2. The highest BCUT2D eigenvalue weighted by Crippen LogP contribution is 2.31. The van der Waals surface area contributed by atoms with Crippen molar-refractivity contribution in [2.75, 3.05) is 4.72 Å². The Balaban J connectivity index is 1.94. The molecule has 2 heterocycles. The van der Waals surface area contributed by atoms with Gasteiger partial charge in [-0.2, -0.15) is 5.26 Å². The van der Waals surface area contributed by atoms with Gasteiger partial charge in [0.1, 0.15) is 11.8 Å². The number of aromatic amines is 1. The number of benzene rings is 1. The largest absolute Gasteiger partial charge is 0.453 e. The van der Waals surface area contributed by atoms with E-state index in [0.29, 0.717) is 5.56 Å². The van der Waals surface area contributed by atoms with E-state index in [1.165, 1.54) is 11.9 Å². The third kappa shape index (κ3) is 2.15. The Labute approximate surface area is 120 Å². The number of furan rings is 1. The van der Waals surface area contributed by atoms with Gasteiger partial charge in [0.2, 0.25) is 0 Å². The number of anilines is 1. The van der Waals surface area contributed by atoms with Gasteiger partial charge in [-0.25, -0.2) is 0 Å². The lowest BCUT2D eigenvalue weighted by Crippen LogP contribution is -1.89. The van der Waals surface area contributed by atoms with Crippen molar-refractivity contribution in [2.24, 2.45) is 0 Å². The lowest BCUT2D eigenvalue weighted by Gasteiger charge is -2.06. The summed E-state index contributed by atoms with van der Waals surface area (Å²) >= 11 is 1.41. The number of fused-ring (bicyclic) bond motifs is 1. The summed E-state index contributed by atoms with van der Waals surface area (Å²) < 4.78 is 8.77. The highest BCUT2D eigenvalue weighted by Gasteiger charge is 2.10. The van der Waals surface area contributed by atoms with E-state index in [0.717, 1.165) is 33.0 Å². The molecule has 2 N–H and O–H groups in total. The molecule has 100 valence electrons. The van der Waals surface area contributed by atoms with Crippen LogP contribution < -0.4 is 4.72 Å². The summed E-state index contributed by atoms with van der Waals surface area (Å²) in [4.78, 5) is 3.16. The molecular formula is C15H13N3OS. The summed E-state index contributed by atoms with van der Waals surface area (Å²) in [5, 5.41) is 10.9. The number of aromatic nitrogens is 1. The Morgan fingerprint density at radius 3 is 2.80 bits per heavy atom. The highest BCUT2D eigenvalue weighted by atomic mass is 32.2. The van der Waals surface area contributed by atoms with Gasteiger partial charge in [-0.1, -0.05) is 6.07 Å². The fourth-order valence-corrected chi connectivity index (χ4v) is 2.86. The minimum Gasteiger partial charge on any atom is -0.453 e. The first-order chi connectivity index (χ1) is 9.69. The molecule has 0 aliphatic carbocycles. The zero-order valence-corrected chi connectivity index (χ0v) is 12.0. The number of nitrogens with zero attached hydrogens (tertiary/aromatic N) is 1. The molecular weight excluding hydrogens is 270 g/mol. The maximum atomic E-state index is 9.14. The maximum Gasteiger partial charge on any atom is 0.180 e. The van der Waals surface area contributed by atoms with Gasteiger partial charge in [0, 0.05) is 23.5 Å². The molecule has 0 saturated carbocycles. The smallest absolute Gasteiger partial charge is 0.180 e. The second-order valence-electron chi connectivity index (χ2n) is 4.56. The SMILES string of the molecule is Cc1ccc(SNc2ccc(C)c3c(C#N)c[nH]c23)o1. The average Bonchev–Trinajstić information content (AvgIpc) is 3.05. The van der Waals surface area contributed by atoms with Crippen molar-refractivity contribution in [1.82, 2.24) is 4.98 Å². The molecule has 0 amide bonds. The molecule has 0 aliphatic rings. The fraction of sp³-hybridized carbons (Fsp3) is 0.133. The molecule has 0 spiro atoms. The molecule has 0 atom stereocenters. The maximum absolute atomic E-state index is 9.14. The van der Waals surface area contributed by atoms with Crippen molar-refractivity contribution < 1.29 is 4.42 Å². The number of hydrogen-bond acceptors (Lipinski definition) is 4. The van der Waals surface area contributed by atoms with Gasteiger partial charge in [0.05, 0.1) is 16.8 Å². The number of rotatable bonds is 3. The van der Waals surface area contributed by atoms with Crippen LogP contribution in [0.15, 0.2) is 40.0 Å². The van der Waals surface area contributed by atoms with Crippen molar-refractivity contribution >= 4 is 28.5 Å². The second-order valence-corrected chi connectivity index (χ2v) is 5.37. The topological polar surface area (TPSA) is 64.8 Å². The Kier molecular flexibility index (Phi) is 3.17. The van der Waals surface area contributed by atoms with Crippen LogP contribution in [0.2, 0.25) is 0 Å². The molecule has 0 fully saturated rings. The highest BCUT2D eigenvalue weighted by molar-refractivity contribution is 8.00. The number of aryl methyl sites for hydroxylation is 2. The van der Waals surface area contributed by atoms with E-state index in [4.69, 9.17) is 9.68 Å². The number of hydrogen-bond donors (Lipinski definition) is 2. The molecule has 5 heteroatoms. The van der Waals surface area contributed by atoms with E-state index >= 15 is 0 Å². The quantitative estimate of drug-likeness (QED) is 0.701. The van der Waals surface area contributed by atoms with Gasteiger partial charge in [-0.3, -0.25) is 0 Å². The van der Waals surface area contributed by atoms with Crippen LogP contribution in [0, 0.1) is 25.2 Å². The summed E-state index contributed by atoms with van der Waals surface area (Å²) in [6.07, 6.45) is 1.74. The van der Waals surface area contributed by atoms with Crippen LogP contribution in [0.25, 0.3) is 10.9 Å². The van der Waals surface area contributed by atoms with Gasteiger partial charge in [-0.05, 0) is 37.6 Å².